The van der Waals surface area contributed by atoms with Crippen LogP contribution in [0.25, 0.3) is 33.0 Å². The Balaban J connectivity index is 1.84. The van der Waals surface area contributed by atoms with Crippen LogP contribution in [0.5, 0.6) is 0 Å². The van der Waals surface area contributed by atoms with Gasteiger partial charge in [-0.1, -0.05) is 109 Å². The molecule has 0 radical (unpaired) electrons. The standard InChI is InChI=1S/C29H17Cl/c30-26-17-23-20-12-5-7-16-25(20)29(18-9-2-1-3-10-18)24-15-6-4-11-19(24)21-13-8-14-22(26)27(21)28(23)29/h1-17H. The normalized spacial score (nSPS) is 17.6. The summed E-state index contributed by atoms with van der Waals surface area (Å²) in [6.45, 7) is 0. The molecule has 0 saturated carbocycles. The van der Waals surface area contributed by atoms with E-state index in [4.69, 9.17) is 11.6 Å². The van der Waals surface area contributed by atoms with Crippen LogP contribution in [0, 0.1) is 0 Å². The Morgan fingerprint density at radius 3 is 1.87 bits per heavy atom. The fraction of sp³-hybridized carbons (Fsp3) is 0.0345. The summed E-state index contributed by atoms with van der Waals surface area (Å²) in [5, 5.41) is 3.25. The van der Waals surface area contributed by atoms with E-state index < -0.39 is 0 Å². The third-order valence-corrected chi connectivity index (χ3v) is 7.25. The van der Waals surface area contributed by atoms with Crippen LogP contribution in [0.4, 0.5) is 0 Å². The summed E-state index contributed by atoms with van der Waals surface area (Å²) in [6.07, 6.45) is 0. The molecule has 1 atom stereocenters. The minimum atomic E-state index is -0.332. The molecule has 1 heteroatoms. The van der Waals surface area contributed by atoms with Crippen LogP contribution in [0.1, 0.15) is 22.3 Å². The maximum absolute atomic E-state index is 6.87. The van der Waals surface area contributed by atoms with Crippen molar-refractivity contribution in [1.82, 2.24) is 0 Å². The molecule has 0 fully saturated rings. The van der Waals surface area contributed by atoms with Gasteiger partial charge in [0.2, 0.25) is 0 Å². The smallest absolute Gasteiger partial charge is 0.0725 e. The van der Waals surface area contributed by atoms with E-state index in [2.05, 4.69) is 103 Å². The van der Waals surface area contributed by atoms with Crippen LogP contribution >= 0.6 is 11.6 Å². The predicted octanol–water partition coefficient (Wildman–Crippen LogP) is 7.84. The maximum Gasteiger partial charge on any atom is 0.0725 e. The highest BCUT2D eigenvalue weighted by Gasteiger charge is 2.50. The van der Waals surface area contributed by atoms with Crippen LogP contribution in [0.3, 0.4) is 0 Å². The summed E-state index contributed by atoms with van der Waals surface area (Å²) < 4.78 is 0. The first kappa shape index (κ1) is 16.4. The Labute approximate surface area is 180 Å². The Kier molecular flexibility index (Phi) is 3.08. The van der Waals surface area contributed by atoms with E-state index >= 15 is 0 Å². The largest absolute Gasteiger partial charge is 0.0836 e. The number of rotatable bonds is 1. The van der Waals surface area contributed by atoms with Gasteiger partial charge in [0, 0.05) is 10.4 Å². The molecule has 7 rings (SSSR count). The number of halogens is 1. The lowest BCUT2D eigenvalue weighted by atomic mass is 9.62. The molecule has 0 aromatic heterocycles. The van der Waals surface area contributed by atoms with Crippen LogP contribution in [0.15, 0.2) is 103 Å². The van der Waals surface area contributed by atoms with E-state index in [9.17, 15) is 0 Å². The van der Waals surface area contributed by atoms with E-state index in [1.165, 1.54) is 49.9 Å². The topological polar surface area (TPSA) is 0 Å². The molecule has 0 saturated heterocycles. The van der Waals surface area contributed by atoms with Crippen molar-refractivity contribution >= 4 is 22.4 Å². The predicted molar refractivity (Wildman–Crippen MR) is 125 cm³/mol. The van der Waals surface area contributed by atoms with Crippen molar-refractivity contribution in [2.45, 2.75) is 5.41 Å². The van der Waals surface area contributed by atoms with Gasteiger partial charge in [0.25, 0.3) is 0 Å². The number of hydrogen-bond donors (Lipinski definition) is 0. The van der Waals surface area contributed by atoms with Gasteiger partial charge in [-0.05, 0) is 56.0 Å². The fourth-order valence-electron chi connectivity index (χ4n) is 5.91. The number of hydrogen-bond acceptors (Lipinski definition) is 0. The second kappa shape index (κ2) is 5.62. The zero-order valence-corrected chi connectivity index (χ0v) is 16.9. The Hall–Kier alpha value is -3.35. The average Bonchev–Trinajstić information content (AvgIpc) is 3.11. The maximum atomic E-state index is 6.87. The quantitative estimate of drug-likeness (QED) is 0.263. The molecule has 5 aromatic rings. The van der Waals surface area contributed by atoms with Crippen molar-refractivity contribution in [2.24, 2.45) is 0 Å². The Morgan fingerprint density at radius 1 is 0.533 bits per heavy atom. The van der Waals surface area contributed by atoms with Crippen molar-refractivity contribution in [3.05, 3.63) is 130 Å². The van der Waals surface area contributed by atoms with Gasteiger partial charge < -0.3 is 0 Å². The molecule has 140 valence electrons. The summed E-state index contributed by atoms with van der Waals surface area (Å²) in [6, 6.07) is 37.4. The van der Waals surface area contributed by atoms with Crippen molar-refractivity contribution in [1.29, 1.82) is 0 Å². The minimum absolute atomic E-state index is 0.332. The van der Waals surface area contributed by atoms with Gasteiger partial charge in [-0.25, -0.2) is 0 Å². The van der Waals surface area contributed by atoms with E-state index in [1.807, 2.05) is 0 Å². The molecule has 1 unspecified atom stereocenters. The SMILES string of the molecule is Clc1cc2c3c4c(cccc14)-c1ccccc1C3(c1ccccc1)c1ccccc1-2. The van der Waals surface area contributed by atoms with E-state index in [0.717, 1.165) is 10.4 Å². The van der Waals surface area contributed by atoms with Gasteiger partial charge in [0.1, 0.15) is 0 Å². The average molecular weight is 401 g/mol. The van der Waals surface area contributed by atoms with Crippen molar-refractivity contribution in [2.75, 3.05) is 0 Å². The van der Waals surface area contributed by atoms with Gasteiger partial charge in [-0.15, -0.1) is 0 Å². The zero-order chi connectivity index (χ0) is 19.9. The molecular formula is C29H17Cl. The fourth-order valence-corrected chi connectivity index (χ4v) is 6.17. The van der Waals surface area contributed by atoms with Crippen LogP contribution < -0.4 is 0 Å². The molecule has 0 bridgehead atoms. The van der Waals surface area contributed by atoms with Crippen molar-refractivity contribution in [3.63, 3.8) is 0 Å². The molecule has 0 amide bonds. The van der Waals surface area contributed by atoms with Gasteiger partial charge >= 0.3 is 0 Å². The number of benzene rings is 5. The van der Waals surface area contributed by atoms with Gasteiger partial charge in [0.05, 0.1) is 5.41 Å². The third kappa shape index (κ3) is 1.75. The molecule has 2 aliphatic rings. The summed E-state index contributed by atoms with van der Waals surface area (Å²) in [5.41, 5.74) is 10.2. The molecule has 5 aromatic carbocycles. The zero-order valence-electron chi connectivity index (χ0n) is 16.2. The molecule has 30 heavy (non-hydrogen) atoms. The highest BCUT2D eigenvalue weighted by Crippen LogP contribution is 2.63. The van der Waals surface area contributed by atoms with E-state index in [1.54, 1.807) is 0 Å². The molecule has 0 N–H and O–H groups in total. The highest BCUT2D eigenvalue weighted by molar-refractivity contribution is 6.37. The van der Waals surface area contributed by atoms with Crippen LogP contribution in [-0.4, -0.2) is 0 Å². The van der Waals surface area contributed by atoms with Gasteiger partial charge in [-0.3, -0.25) is 0 Å². The molecule has 2 aliphatic carbocycles. The first-order valence-electron chi connectivity index (χ1n) is 10.3. The van der Waals surface area contributed by atoms with Crippen molar-refractivity contribution in [3.8, 4) is 22.3 Å². The van der Waals surface area contributed by atoms with Crippen molar-refractivity contribution < 1.29 is 0 Å². The second-order valence-electron chi connectivity index (χ2n) is 8.22. The minimum Gasteiger partial charge on any atom is -0.0836 e. The van der Waals surface area contributed by atoms with Crippen LogP contribution in [-0.2, 0) is 5.41 Å². The lowest BCUT2D eigenvalue weighted by Crippen LogP contribution is -2.31. The van der Waals surface area contributed by atoms with Crippen LogP contribution in [0.2, 0.25) is 5.02 Å². The Bertz CT molecular complexity index is 1500. The van der Waals surface area contributed by atoms with Gasteiger partial charge in [0.15, 0.2) is 0 Å². The monoisotopic (exact) mass is 400 g/mol. The molecule has 0 nitrogen and oxygen atoms in total. The lowest BCUT2D eigenvalue weighted by Gasteiger charge is -2.39. The summed E-state index contributed by atoms with van der Waals surface area (Å²) in [4.78, 5) is 0. The molecular weight excluding hydrogens is 384 g/mol. The van der Waals surface area contributed by atoms with E-state index in [-0.39, 0.29) is 5.41 Å². The Morgan fingerprint density at radius 2 is 1.13 bits per heavy atom. The van der Waals surface area contributed by atoms with Gasteiger partial charge in [-0.2, -0.15) is 0 Å². The summed E-state index contributed by atoms with van der Waals surface area (Å²) >= 11 is 6.87. The lowest BCUT2D eigenvalue weighted by molar-refractivity contribution is 0.773. The van der Waals surface area contributed by atoms with E-state index in [0.29, 0.717) is 0 Å². The number of fused-ring (bicyclic) bond motifs is 6. The first-order valence-corrected chi connectivity index (χ1v) is 10.7. The summed E-state index contributed by atoms with van der Waals surface area (Å²) in [7, 11) is 0. The molecule has 0 aliphatic heterocycles. The second-order valence-corrected chi connectivity index (χ2v) is 8.62. The molecule has 0 heterocycles. The third-order valence-electron chi connectivity index (χ3n) is 6.94. The first-order chi connectivity index (χ1) is 14.8. The highest BCUT2D eigenvalue weighted by atomic mass is 35.5. The summed E-state index contributed by atoms with van der Waals surface area (Å²) in [5.74, 6) is 0. The molecule has 0 spiro atoms.